The summed E-state index contributed by atoms with van der Waals surface area (Å²) in [6.07, 6.45) is 0. The smallest absolute Gasteiger partial charge is 0.234 e. The molecule has 1 amide bonds. The molecule has 0 aliphatic carbocycles. The van der Waals surface area contributed by atoms with Crippen LogP contribution in [0.2, 0.25) is 0 Å². The first-order chi connectivity index (χ1) is 13.9. The van der Waals surface area contributed by atoms with Crippen LogP contribution in [0, 0.1) is 11.8 Å². The molecule has 1 aliphatic heterocycles. The molecule has 6 heteroatoms. The van der Waals surface area contributed by atoms with E-state index in [0.29, 0.717) is 0 Å². The number of hydrogen-bond donors (Lipinski definition) is 0. The third-order valence-corrected chi connectivity index (χ3v) is 6.24. The highest BCUT2D eigenvalue weighted by Gasteiger charge is 2.47. The molecule has 154 valence electrons. The van der Waals surface area contributed by atoms with E-state index in [0.717, 1.165) is 22.6 Å². The molecule has 0 radical (unpaired) electrons. The average Bonchev–Trinajstić information content (AvgIpc) is 2.77. The Labute approximate surface area is 180 Å². The van der Waals surface area contributed by atoms with Crippen LogP contribution in [0.15, 0.2) is 48.5 Å². The standard InChI is InChI=1S/C23H26BrNO4/c1-14-21(16-5-9-18(28-3)10-6-16)25(20(26)13-24)22(15(2)23(14)27)17-7-11-19(29-4)12-8-17/h5-12,14-15,21-22H,13H2,1-4H3/t14-,15+,21+,22-. The Hall–Kier alpha value is -2.34. The van der Waals surface area contributed by atoms with E-state index in [9.17, 15) is 9.59 Å². The van der Waals surface area contributed by atoms with Gasteiger partial charge in [-0.1, -0.05) is 54.0 Å². The van der Waals surface area contributed by atoms with Gasteiger partial charge in [0.25, 0.3) is 0 Å². The van der Waals surface area contributed by atoms with Crippen LogP contribution in [0.4, 0.5) is 0 Å². The van der Waals surface area contributed by atoms with E-state index in [2.05, 4.69) is 15.9 Å². The normalized spacial score (nSPS) is 24.3. The molecule has 29 heavy (non-hydrogen) atoms. The second-order valence-electron chi connectivity index (χ2n) is 7.35. The Balaban J connectivity index is 2.11. The average molecular weight is 460 g/mol. The van der Waals surface area contributed by atoms with E-state index in [1.165, 1.54) is 0 Å². The molecular weight excluding hydrogens is 434 g/mol. The zero-order valence-electron chi connectivity index (χ0n) is 17.1. The van der Waals surface area contributed by atoms with Gasteiger partial charge in [0.2, 0.25) is 5.91 Å². The maximum Gasteiger partial charge on any atom is 0.234 e. The lowest BCUT2D eigenvalue weighted by atomic mass is 9.74. The van der Waals surface area contributed by atoms with Gasteiger partial charge in [-0.3, -0.25) is 9.59 Å². The molecule has 0 aromatic heterocycles. The van der Waals surface area contributed by atoms with Crippen molar-refractivity contribution in [1.29, 1.82) is 0 Å². The number of Topliss-reactive ketones (excluding diaryl/α,β-unsaturated/α-hetero) is 1. The molecule has 0 unspecified atom stereocenters. The van der Waals surface area contributed by atoms with Gasteiger partial charge in [0, 0.05) is 11.8 Å². The van der Waals surface area contributed by atoms with Crippen LogP contribution in [0.3, 0.4) is 0 Å². The van der Waals surface area contributed by atoms with Gasteiger partial charge in [0.1, 0.15) is 17.3 Å². The van der Waals surface area contributed by atoms with Gasteiger partial charge in [-0.05, 0) is 35.4 Å². The van der Waals surface area contributed by atoms with Gasteiger partial charge >= 0.3 is 0 Å². The maximum atomic E-state index is 13.2. The van der Waals surface area contributed by atoms with E-state index in [1.807, 2.05) is 67.3 Å². The first kappa shape index (κ1) is 21.4. The van der Waals surface area contributed by atoms with Crippen molar-refractivity contribution in [2.45, 2.75) is 25.9 Å². The van der Waals surface area contributed by atoms with Gasteiger partial charge in [-0.15, -0.1) is 0 Å². The van der Waals surface area contributed by atoms with E-state index in [1.54, 1.807) is 14.2 Å². The van der Waals surface area contributed by atoms with E-state index in [-0.39, 0.29) is 40.9 Å². The highest BCUT2D eigenvalue weighted by atomic mass is 79.9. The minimum Gasteiger partial charge on any atom is -0.497 e. The van der Waals surface area contributed by atoms with Crippen LogP contribution < -0.4 is 9.47 Å². The molecular formula is C23H26BrNO4. The first-order valence-electron chi connectivity index (χ1n) is 9.61. The second-order valence-corrected chi connectivity index (χ2v) is 7.91. The summed E-state index contributed by atoms with van der Waals surface area (Å²) in [6.45, 7) is 3.82. The number of amides is 1. The van der Waals surface area contributed by atoms with Gasteiger partial charge in [-0.25, -0.2) is 0 Å². The number of halogens is 1. The molecule has 2 aromatic carbocycles. The van der Waals surface area contributed by atoms with Crippen LogP contribution in [-0.2, 0) is 9.59 Å². The predicted octanol–water partition coefficient (Wildman–Crippen LogP) is 4.56. The lowest BCUT2D eigenvalue weighted by Crippen LogP contribution is -2.52. The molecule has 4 atom stereocenters. The zero-order valence-corrected chi connectivity index (χ0v) is 18.7. The number of ether oxygens (including phenoxy) is 2. The number of hydrogen-bond acceptors (Lipinski definition) is 4. The van der Waals surface area contributed by atoms with Crippen molar-refractivity contribution < 1.29 is 19.1 Å². The first-order valence-corrected chi connectivity index (χ1v) is 10.7. The monoisotopic (exact) mass is 459 g/mol. The third kappa shape index (κ3) is 4.04. The number of piperidine rings is 1. The molecule has 5 nitrogen and oxygen atoms in total. The molecule has 3 rings (SSSR count). The van der Waals surface area contributed by atoms with Crippen molar-refractivity contribution in [3.05, 3.63) is 59.7 Å². The maximum absolute atomic E-state index is 13.2. The second kappa shape index (κ2) is 8.99. The topological polar surface area (TPSA) is 55.8 Å². The fraction of sp³-hybridized carbons (Fsp3) is 0.391. The summed E-state index contributed by atoms with van der Waals surface area (Å²) in [6, 6.07) is 14.5. The Kier molecular flexibility index (Phi) is 6.63. The number of methoxy groups -OCH3 is 2. The molecule has 0 N–H and O–H groups in total. The molecule has 0 saturated carbocycles. The van der Waals surface area contributed by atoms with Crippen LogP contribution in [0.25, 0.3) is 0 Å². The number of rotatable bonds is 5. The molecule has 2 aromatic rings. The molecule has 0 bridgehead atoms. The molecule has 1 saturated heterocycles. The van der Waals surface area contributed by atoms with Crippen molar-refractivity contribution in [2.24, 2.45) is 11.8 Å². The fourth-order valence-corrected chi connectivity index (χ4v) is 4.55. The largest absolute Gasteiger partial charge is 0.497 e. The number of carbonyl (C=O) groups excluding carboxylic acids is 2. The number of ketones is 1. The van der Waals surface area contributed by atoms with E-state index in [4.69, 9.17) is 9.47 Å². The third-order valence-electron chi connectivity index (χ3n) is 5.76. The summed E-state index contributed by atoms with van der Waals surface area (Å²) in [5.74, 6) is 0.971. The summed E-state index contributed by atoms with van der Waals surface area (Å²) in [5, 5.41) is 0.194. The van der Waals surface area contributed by atoms with Crippen LogP contribution >= 0.6 is 15.9 Å². The quantitative estimate of drug-likeness (QED) is 0.614. The van der Waals surface area contributed by atoms with E-state index >= 15 is 0 Å². The summed E-state index contributed by atoms with van der Waals surface area (Å²) >= 11 is 3.33. The van der Waals surface area contributed by atoms with Gasteiger partial charge in [0.15, 0.2) is 0 Å². The molecule has 1 aliphatic rings. The van der Waals surface area contributed by atoms with Crippen molar-refractivity contribution in [2.75, 3.05) is 19.5 Å². The number of likely N-dealkylation sites (tertiary alicyclic amines) is 1. The summed E-state index contributed by atoms with van der Waals surface area (Å²) in [5.41, 5.74) is 1.85. The van der Waals surface area contributed by atoms with Crippen molar-refractivity contribution in [3.63, 3.8) is 0 Å². The minimum atomic E-state index is -0.346. The van der Waals surface area contributed by atoms with Crippen molar-refractivity contribution >= 4 is 27.6 Å². The van der Waals surface area contributed by atoms with Gasteiger partial charge in [-0.2, -0.15) is 0 Å². The van der Waals surface area contributed by atoms with Gasteiger partial charge in [0.05, 0.1) is 31.6 Å². The Bertz CT molecular complexity index is 802. The number of alkyl halides is 1. The fourth-order valence-electron chi connectivity index (χ4n) is 4.26. The van der Waals surface area contributed by atoms with Crippen LogP contribution in [0.5, 0.6) is 11.5 Å². The highest BCUT2D eigenvalue weighted by molar-refractivity contribution is 9.09. The number of benzene rings is 2. The SMILES string of the molecule is COc1ccc([C@@H]2[C@@H](C)C(=O)[C@@H](C)[C@H](c3ccc(OC)cc3)N2C(=O)CBr)cc1. The molecule has 0 spiro atoms. The number of nitrogens with zero attached hydrogens (tertiary/aromatic N) is 1. The summed E-state index contributed by atoms with van der Waals surface area (Å²) in [7, 11) is 3.23. The summed E-state index contributed by atoms with van der Waals surface area (Å²) < 4.78 is 10.5. The van der Waals surface area contributed by atoms with Gasteiger partial charge < -0.3 is 14.4 Å². The summed E-state index contributed by atoms with van der Waals surface area (Å²) in [4.78, 5) is 28.2. The highest BCUT2D eigenvalue weighted by Crippen LogP contribution is 2.46. The predicted molar refractivity (Wildman–Crippen MR) is 115 cm³/mol. The zero-order chi connectivity index (χ0) is 21.1. The van der Waals surface area contributed by atoms with Crippen LogP contribution in [-0.4, -0.2) is 36.1 Å². The number of carbonyl (C=O) groups is 2. The van der Waals surface area contributed by atoms with Crippen molar-refractivity contribution in [3.8, 4) is 11.5 Å². The Morgan fingerprint density at radius 1 is 0.862 bits per heavy atom. The molecule has 1 heterocycles. The van der Waals surface area contributed by atoms with Crippen LogP contribution in [0.1, 0.15) is 37.1 Å². The lowest BCUT2D eigenvalue weighted by molar-refractivity contribution is -0.149. The Morgan fingerprint density at radius 2 is 1.24 bits per heavy atom. The Morgan fingerprint density at radius 3 is 1.55 bits per heavy atom. The molecule has 1 fully saturated rings. The van der Waals surface area contributed by atoms with E-state index < -0.39 is 0 Å². The minimum absolute atomic E-state index is 0.0437. The van der Waals surface area contributed by atoms with Crippen molar-refractivity contribution in [1.82, 2.24) is 4.90 Å². The lowest BCUT2D eigenvalue weighted by Gasteiger charge is -2.48.